The molecule has 1 aliphatic rings. The SMILES string of the molecule is C[C@@H](NC(=O)c1cccc(F)c1)[C@@H](c1cccs1)N1CCOCC1. The lowest BCUT2D eigenvalue weighted by Gasteiger charge is -2.37. The van der Waals surface area contributed by atoms with E-state index in [1.54, 1.807) is 23.5 Å². The van der Waals surface area contributed by atoms with Crippen molar-refractivity contribution in [1.82, 2.24) is 10.2 Å². The van der Waals surface area contributed by atoms with Gasteiger partial charge >= 0.3 is 0 Å². The minimum absolute atomic E-state index is 0.0893. The van der Waals surface area contributed by atoms with Crippen molar-refractivity contribution in [2.45, 2.75) is 19.0 Å². The molecule has 6 heteroatoms. The largest absolute Gasteiger partial charge is 0.379 e. The predicted octanol–water partition coefficient (Wildman–Crippen LogP) is 3.08. The Morgan fingerprint density at radius 3 is 2.75 bits per heavy atom. The molecule has 1 aromatic carbocycles. The number of carbonyl (C=O) groups excluding carboxylic acids is 1. The third-order valence-corrected chi connectivity index (χ3v) is 5.14. The molecule has 1 amide bonds. The average Bonchev–Trinajstić information content (AvgIpc) is 3.10. The number of rotatable bonds is 5. The first-order valence-electron chi connectivity index (χ1n) is 8.07. The number of nitrogens with zero attached hydrogens (tertiary/aromatic N) is 1. The fourth-order valence-electron chi connectivity index (χ4n) is 3.06. The standard InChI is InChI=1S/C18H21FN2O2S/c1-13(20-18(22)14-4-2-5-15(19)12-14)17(16-6-3-11-24-16)21-7-9-23-10-8-21/h2-6,11-13,17H,7-10H2,1H3,(H,20,22)/t13-,17+/m1/s1. The van der Waals surface area contributed by atoms with Crippen LogP contribution in [0.5, 0.6) is 0 Å². The first-order chi connectivity index (χ1) is 11.6. The number of hydrogen-bond donors (Lipinski definition) is 1. The van der Waals surface area contributed by atoms with Gasteiger partial charge in [0.25, 0.3) is 5.91 Å². The monoisotopic (exact) mass is 348 g/mol. The van der Waals surface area contributed by atoms with Gasteiger partial charge < -0.3 is 10.1 Å². The second-order valence-corrected chi connectivity index (χ2v) is 6.86. The van der Waals surface area contributed by atoms with E-state index in [0.717, 1.165) is 13.1 Å². The zero-order valence-electron chi connectivity index (χ0n) is 13.6. The van der Waals surface area contributed by atoms with Crippen LogP contribution in [0.3, 0.4) is 0 Å². The van der Waals surface area contributed by atoms with Crippen molar-refractivity contribution in [3.8, 4) is 0 Å². The first-order valence-corrected chi connectivity index (χ1v) is 8.95. The van der Waals surface area contributed by atoms with E-state index in [1.165, 1.54) is 17.0 Å². The summed E-state index contributed by atoms with van der Waals surface area (Å²) in [5, 5.41) is 5.07. The second-order valence-electron chi connectivity index (χ2n) is 5.88. The van der Waals surface area contributed by atoms with Gasteiger partial charge in [-0.25, -0.2) is 4.39 Å². The highest BCUT2D eigenvalue weighted by Crippen LogP contribution is 2.29. The molecule has 4 nitrogen and oxygen atoms in total. The molecule has 2 heterocycles. The van der Waals surface area contributed by atoms with Crippen molar-refractivity contribution in [3.63, 3.8) is 0 Å². The number of amides is 1. The third kappa shape index (κ3) is 4.01. The Bertz CT molecular complexity index is 671. The Balaban J connectivity index is 1.75. The molecule has 0 radical (unpaired) electrons. The fraction of sp³-hybridized carbons (Fsp3) is 0.389. The van der Waals surface area contributed by atoms with E-state index >= 15 is 0 Å². The van der Waals surface area contributed by atoms with E-state index in [1.807, 2.05) is 18.4 Å². The molecule has 1 fully saturated rings. The van der Waals surface area contributed by atoms with E-state index < -0.39 is 5.82 Å². The number of hydrogen-bond acceptors (Lipinski definition) is 4. The first kappa shape index (κ1) is 17.1. The molecule has 2 aromatic rings. The van der Waals surface area contributed by atoms with Gasteiger partial charge in [-0.05, 0) is 36.6 Å². The van der Waals surface area contributed by atoms with Crippen molar-refractivity contribution < 1.29 is 13.9 Å². The second kappa shape index (κ2) is 7.88. The summed E-state index contributed by atoms with van der Waals surface area (Å²) >= 11 is 1.68. The molecule has 128 valence electrons. The van der Waals surface area contributed by atoms with Crippen molar-refractivity contribution >= 4 is 17.2 Å². The minimum Gasteiger partial charge on any atom is -0.379 e. The Kier molecular flexibility index (Phi) is 5.60. The summed E-state index contributed by atoms with van der Waals surface area (Å²) in [7, 11) is 0. The van der Waals surface area contributed by atoms with Gasteiger partial charge in [0, 0.05) is 29.6 Å². The molecule has 1 N–H and O–H groups in total. The molecule has 3 rings (SSSR count). The number of thiophene rings is 1. The van der Waals surface area contributed by atoms with Crippen molar-refractivity contribution in [2.24, 2.45) is 0 Å². The van der Waals surface area contributed by atoms with Crippen LogP contribution in [0.1, 0.15) is 28.2 Å². The van der Waals surface area contributed by atoms with Crippen LogP contribution in [-0.4, -0.2) is 43.2 Å². The molecule has 1 saturated heterocycles. The highest BCUT2D eigenvalue weighted by Gasteiger charge is 2.29. The zero-order chi connectivity index (χ0) is 16.9. The summed E-state index contributed by atoms with van der Waals surface area (Å²) < 4.78 is 18.8. The molecule has 24 heavy (non-hydrogen) atoms. The van der Waals surface area contributed by atoms with Gasteiger partial charge in [-0.1, -0.05) is 12.1 Å². The minimum atomic E-state index is -0.404. The summed E-state index contributed by atoms with van der Waals surface area (Å²) in [6, 6.07) is 9.88. The molecule has 0 bridgehead atoms. The van der Waals surface area contributed by atoms with Gasteiger partial charge in [0.2, 0.25) is 0 Å². The molecule has 0 saturated carbocycles. The summed E-state index contributed by atoms with van der Waals surface area (Å²) in [6.07, 6.45) is 0. The number of nitrogens with one attached hydrogen (secondary N) is 1. The van der Waals surface area contributed by atoms with Gasteiger partial charge in [0.1, 0.15) is 5.82 Å². The quantitative estimate of drug-likeness (QED) is 0.903. The average molecular weight is 348 g/mol. The molecular weight excluding hydrogens is 327 g/mol. The summed E-state index contributed by atoms with van der Waals surface area (Å²) in [4.78, 5) is 16.0. The molecule has 0 aliphatic carbocycles. The van der Waals surface area contributed by atoms with E-state index in [9.17, 15) is 9.18 Å². The Morgan fingerprint density at radius 1 is 1.29 bits per heavy atom. The number of benzene rings is 1. The lowest BCUT2D eigenvalue weighted by molar-refractivity contribution is 0.00969. The summed E-state index contributed by atoms with van der Waals surface area (Å²) in [5.41, 5.74) is 0.341. The maximum Gasteiger partial charge on any atom is 0.251 e. The van der Waals surface area contributed by atoms with Crippen LogP contribution in [0.15, 0.2) is 41.8 Å². The topological polar surface area (TPSA) is 41.6 Å². The van der Waals surface area contributed by atoms with Gasteiger partial charge in [-0.15, -0.1) is 11.3 Å². The van der Waals surface area contributed by atoms with Gasteiger partial charge in [-0.3, -0.25) is 9.69 Å². The van der Waals surface area contributed by atoms with Crippen molar-refractivity contribution in [3.05, 3.63) is 58.0 Å². The van der Waals surface area contributed by atoms with Gasteiger partial charge in [0.15, 0.2) is 0 Å². The van der Waals surface area contributed by atoms with E-state index in [4.69, 9.17) is 4.74 Å². The Morgan fingerprint density at radius 2 is 2.08 bits per heavy atom. The molecular formula is C18H21FN2O2S. The summed E-state index contributed by atoms with van der Waals surface area (Å²) in [5.74, 6) is -0.657. The van der Waals surface area contributed by atoms with E-state index in [-0.39, 0.29) is 18.0 Å². The van der Waals surface area contributed by atoms with Crippen LogP contribution >= 0.6 is 11.3 Å². The summed E-state index contributed by atoms with van der Waals surface area (Å²) in [6.45, 7) is 5.07. The number of carbonyl (C=O) groups is 1. The van der Waals surface area contributed by atoms with Crippen LogP contribution in [0.4, 0.5) is 4.39 Å². The lowest BCUT2D eigenvalue weighted by Crippen LogP contribution is -2.48. The number of halogens is 1. The van der Waals surface area contributed by atoms with Crippen LogP contribution < -0.4 is 5.32 Å². The highest BCUT2D eigenvalue weighted by molar-refractivity contribution is 7.10. The highest BCUT2D eigenvalue weighted by atomic mass is 32.1. The molecule has 2 atom stereocenters. The predicted molar refractivity (Wildman–Crippen MR) is 92.8 cm³/mol. The van der Waals surface area contributed by atoms with E-state index in [0.29, 0.717) is 18.8 Å². The maximum absolute atomic E-state index is 13.3. The van der Waals surface area contributed by atoms with Gasteiger partial charge in [-0.2, -0.15) is 0 Å². The smallest absolute Gasteiger partial charge is 0.251 e. The van der Waals surface area contributed by atoms with Crippen molar-refractivity contribution in [1.29, 1.82) is 0 Å². The van der Waals surface area contributed by atoms with Crippen LogP contribution in [0.2, 0.25) is 0 Å². The lowest BCUT2D eigenvalue weighted by atomic mass is 10.0. The maximum atomic E-state index is 13.3. The normalized spacial score (nSPS) is 18.1. The number of ether oxygens (including phenoxy) is 1. The molecule has 1 aliphatic heterocycles. The van der Waals surface area contributed by atoms with Crippen molar-refractivity contribution in [2.75, 3.05) is 26.3 Å². The Hall–Kier alpha value is -1.76. The van der Waals surface area contributed by atoms with E-state index in [2.05, 4.69) is 16.3 Å². The van der Waals surface area contributed by atoms with Crippen LogP contribution in [-0.2, 0) is 4.74 Å². The molecule has 1 aromatic heterocycles. The number of morpholine rings is 1. The molecule has 0 unspecified atom stereocenters. The van der Waals surface area contributed by atoms with Crippen LogP contribution in [0.25, 0.3) is 0 Å². The zero-order valence-corrected chi connectivity index (χ0v) is 14.4. The third-order valence-electron chi connectivity index (χ3n) is 4.19. The molecule has 0 spiro atoms. The Labute approximate surface area is 145 Å². The van der Waals surface area contributed by atoms with Gasteiger partial charge in [0.05, 0.1) is 19.3 Å². The van der Waals surface area contributed by atoms with Crippen LogP contribution in [0, 0.1) is 5.82 Å². The fourth-order valence-corrected chi connectivity index (χ4v) is 4.02.